The number of benzene rings is 5. The van der Waals surface area contributed by atoms with Crippen molar-refractivity contribution in [2.75, 3.05) is 0 Å². The van der Waals surface area contributed by atoms with Gasteiger partial charge in [0.25, 0.3) is 0 Å². The van der Waals surface area contributed by atoms with Crippen molar-refractivity contribution in [1.82, 2.24) is 0 Å². The van der Waals surface area contributed by atoms with Crippen LogP contribution < -0.4 is 0 Å². The molecule has 0 aliphatic rings. The smallest absolute Gasteiger partial charge is 0.115 e. The van der Waals surface area contributed by atoms with Crippen molar-refractivity contribution in [1.29, 1.82) is 0 Å². The van der Waals surface area contributed by atoms with Gasteiger partial charge < -0.3 is 20.4 Å². The van der Waals surface area contributed by atoms with Crippen LogP contribution in [0.5, 0.6) is 23.0 Å². The summed E-state index contributed by atoms with van der Waals surface area (Å²) in [5, 5.41) is 37.9. The zero-order valence-corrected chi connectivity index (χ0v) is 23.1. The van der Waals surface area contributed by atoms with E-state index in [1.165, 1.54) is 0 Å². The van der Waals surface area contributed by atoms with Crippen molar-refractivity contribution in [2.45, 2.75) is 38.0 Å². The minimum absolute atomic E-state index is 0.110. The van der Waals surface area contributed by atoms with Crippen LogP contribution in [0, 0.1) is 0 Å². The highest BCUT2D eigenvalue weighted by Crippen LogP contribution is 2.40. The molecule has 0 saturated heterocycles. The van der Waals surface area contributed by atoms with Crippen LogP contribution in [0.4, 0.5) is 0 Å². The van der Waals surface area contributed by atoms with Gasteiger partial charge >= 0.3 is 0 Å². The first-order chi connectivity index (χ1) is 19.2. The molecule has 0 amide bonds. The van der Waals surface area contributed by atoms with Crippen LogP contribution in [0.1, 0.15) is 55.0 Å². The Labute approximate surface area is 236 Å². The summed E-state index contributed by atoms with van der Waals surface area (Å²) in [5.41, 5.74) is 5.18. The molecule has 40 heavy (non-hydrogen) atoms. The number of hydrogen-bond donors (Lipinski definition) is 4. The molecule has 5 aromatic carbocycles. The molecule has 4 N–H and O–H groups in total. The van der Waals surface area contributed by atoms with Crippen molar-refractivity contribution in [3.63, 3.8) is 0 Å². The highest BCUT2D eigenvalue weighted by atomic mass is 16.3. The van der Waals surface area contributed by atoms with Crippen LogP contribution in [-0.2, 0) is 10.8 Å². The topological polar surface area (TPSA) is 80.9 Å². The summed E-state index contributed by atoms with van der Waals surface area (Å²) in [7, 11) is 0. The SMILES string of the molecule is CC(c1ccccc1)(c1ccc(O)cc1)c1ccc(O)cc1.CCC(C)(c1ccc(O)cc1)c1ccc(O)cc1. The van der Waals surface area contributed by atoms with Gasteiger partial charge in [-0.15, -0.1) is 0 Å². The Balaban J connectivity index is 0.000000189. The summed E-state index contributed by atoms with van der Waals surface area (Å²) < 4.78 is 0. The van der Waals surface area contributed by atoms with Gasteiger partial charge in [0.05, 0.1) is 0 Å². The Morgan fingerprint density at radius 2 is 0.675 bits per heavy atom. The van der Waals surface area contributed by atoms with E-state index in [-0.39, 0.29) is 33.8 Å². The second kappa shape index (κ2) is 12.0. The quantitative estimate of drug-likeness (QED) is 0.166. The Morgan fingerprint density at radius 3 is 0.975 bits per heavy atom. The predicted octanol–water partition coefficient (Wildman–Crippen LogP) is 8.27. The first-order valence-corrected chi connectivity index (χ1v) is 13.4. The number of phenols is 4. The number of rotatable bonds is 6. The maximum absolute atomic E-state index is 9.57. The van der Waals surface area contributed by atoms with Gasteiger partial charge in [0.1, 0.15) is 23.0 Å². The fourth-order valence-electron chi connectivity index (χ4n) is 5.09. The van der Waals surface area contributed by atoms with Gasteiger partial charge in [0.2, 0.25) is 0 Å². The summed E-state index contributed by atoms with van der Waals surface area (Å²) in [4.78, 5) is 0. The van der Waals surface area contributed by atoms with E-state index < -0.39 is 0 Å². The molecule has 0 saturated carbocycles. The average molecular weight is 533 g/mol. The lowest BCUT2D eigenvalue weighted by atomic mass is 9.71. The van der Waals surface area contributed by atoms with E-state index in [0.717, 1.165) is 34.2 Å². The molecule has 0 unspecified atom stereocenters. The second-order valence-corrected chi connectivity index (χ2v) is 10.4. The summed E-state index contributed by atoms with van der Waals surface area (Å²) >= 11 is 0. The van der Waals surface area contributed by atoms with Crippen molar-refractivity contribution in [3.8, 4) is 23.0 Å². The van der Waals surface area contributed by atoms with Gasteiger partial charge in [-0.3, -0.25) is 0 Å². The van der Waals surface area contributed by atoms with Crippen molar-refractivity contribution >= 4 is 0 Å². The zero-order chi connectivity index (χ0) is 28.8. The standard InChI is InChI=1S/C20H18O2.C16H18O2/c1-20(15-5-3-2-4-6-15,16-7-11-18(21)12-8-16)17-9-13-19(22)14-10-17;1-3-16(2,12-4-8-14(17)9-5-12)13-6-10-15(18)11-7-13/h2-14,21-22H,1H3;4-11,17-18H,3H2,1-2H3. The van der Waals surface area contributed by atoms with Gasteiger partial charge in [0.15, 0.2) is 0 Å². The summed E-state index contributed by atoms with van der Waals surface area (Å²) in [6.07, 6.45) is 0.947. The molecule has 0 radical (unpaired) electrons. The van der Waals surface area contributed by atoms with E-state index in [2.05, 4.69) is 32.9 Å². The Hall–Kier alpha value is -4.70. The van der Waals surface area contributed by atoms with E-state index in [1.54, 1.807) is 48.5 Å². The van der Waals surface area contributed by atoms with Crippen molar-refractivity contribution < 1.29 is 20.4 Å². The van der Waals surface area contributed by atoms with Crippen LogP contribution in [-0.4, -0.2) is 20.4 Å². The number of aromatic hydroxyl groups is 4. The maximum atomic E-state index is 9.57. The molecular weight excluding hydrogens is 496 g/mol. The highest BCUT2D eigenvalue weighted by Gasteiger charge is 2.31. The van der Waals surface area contributed by atoms with Crippen LogP contribution in [0.15, 0.2) is 127 Å². The molecule has 0 aromatic heterocycles. The fourth-order valence-corrected chi connectivity index (χ4v) is 5.09. The van der Waals surface area contributed by atoms with Gasteiger partial charge in [-0.05, 0) is 89.7 Å². The molecule has 0 fully saturated rings. The normalized spacial score (nSPS) is 11.4. The van der Waals surface area contributed by atoms with Crippen LogP contribution in [0.25, 0.3) is 0 Å². The minimum atomic E-state index is -0.358. The molecule has 4 heteroatoms. The van der Waals surface area contributed by atoms with Gasteiger partial charge in [-0.1, -0.05) is 92.7 Å². The lowest BCUT2D eigenvalue weighted by Crippen LogP contribution is -2.25. The first-order valence-electron chi connectivity index (χ1n) is 13.4. The average Bonchev–Trinajstić information content (AvgIpc) is 2.98. The van der Waals surface area contributed by atoms with E-state index in [1.807, 2.05) is 66.7 Å². The van der Waals surface area contributed by atoms with Crippen LogP contribution in [0.2, 0.25) is 0 Å². The van der Waals surface area contributed by atoms with Gasteiger partial charge in [-0.2, -0.15) is 0 Å². The Kier molecular flexibility index (Phi) is 8.49. The van der Waals surface area contributed by atoms with Crippen LogP contribution >= 0.6 is 0 Å². The second-order valence-electron chi connectivity index (χ2n) is 10.4. The van der Waals surface area contributed by atoms with Crippen molar-refractivity contribution in [2.24, 2.45) is 0 Å². The first kappa shape index (κ1) is 28.3. The minimum Gasteiger partial charge on any atom is -0.508 e. The number of phenolic OH excluding ortho intramolecular Hbond substituents is 4. The Bertz CT molecular complexity index is 1400. The molecular formula is C36H36O4. The van der Waals surface area contributed by atoms with Gasteiger partial charge in [-0.25, -0.2) is 0 Å². The molecule has 0 atom stereocenters. The molecule has 0 aliphatic carbocycles. The van der Waals surface area contributed by atoms with E-state index >= 15 is 0 Å². The number of hydrogen-bond acceptors (Lipinski definition) is 4. The summed E-state index contributed by atoms with van der Waals surface area (Å²) in [6.45, 7) is 6.46. The van der Waals surface area contributed by atoms with Crippen molar-refractivity contribution in [3.05, 3.63) is 155 Å². The molecule has 5 aromatic rings. The predicted molar refractivity (Wildman–Crippen MR) is 161 cm³/mol. The lowest BCUT2D eigenvalue weighted by Gasteiger charge is -2.32. The highest BCUT2D eigenvalue weighted by molar-refractivity contribution is 5.51. The molecule has 0 bridgehead atoms. The third-order valence-corrected chi connectivity index (χ3v) is 7.96. The molecule has 0 spiro atoms. The third-order valence-electron chi connectivity index (χ3n) is 7.96. The lowest BCUT2D eigenvalue weighted by molar-refractivity contribution is 0.471. The van der Waals surface area contributed by atoms with E-state index in [9.17, 15) is 20.4 Å². The summed E-state index contributed by atoms with van der Waals surface area (Å²) in [5.74, 6) is 1.07. The molecule has 5 rings (SSSR count). The summed E-state index contributed by atoms with van der Waals surface area (Å²) in [6, 6.07) is 39.5. The maximum Gasteiger partial charge on any atom is 0.115 e. The third kappa shape index (κ3) is 5.97. The Morgan fingerprint density at radius 1 is 0.400 bits per heavy atom. The van der Waals surface area contributed by atoms with E-state index in [0.29, 0.717) is 0 Å². The van der Waals surface area contributed by atoms with Gasteiger partial charge in [0, 0.05) is 10.8 Å². The molecule has 0 aliphatic heterocycles. The van der Waals surface area contributed by atoms with E-state index in [4.69, 9.17) is 0 Å². The monoisotopic (exact) mass is 532 g/mol. The molecule has 204 valence electrons. The molecule has 0 heterocycles. The largest absolute Gasteiger partial charge is 0.508 e. The zero-order valence-electron chi connectivity index (χ0n) is 23.1. The fraction of sp³-hybridized carbons (Fsp3) is 0.167. The molecule has 4 nitrogen and oxygen atoms in total. The van der Waals surface area contributed by atoms with Crippen LogP contribution in [0.3, 0.4) is 0 Å².